The molecule has 1 fully saturated rings. The first-order valence-electron chi connectivity index (χ1n) is 8.03. The van der Waals surface area contributed by atoms with Gasteiger partial charge in [-0.3, -0.25) is 9.89 Å². The van der Waals surface area contributed by atoms with Crippen LogP contribution in [0.2, 0.25) is 0 Å². The molecule has 124 valence electrons. The fourth-order valence-corrected chi connectivity index (χ4v) is 3.89. The highest BCUT2D eigenvalue weighted by Gasteiger charge is 2.28. The van der Waals surface area contributed by atoms with Crippen LogP contribution in [0.5, 0.6) is 0 Å². The Morgan fingerprint density at radius 1 is 1.48 bits per heavy atom. The van der Waals surface area contributed by atoms with Crippen LogP contribution < -0.4 is 0 Å². The molecule has 0 bridgehead atoms. The summed E-state index contributed by atoms with van der Waals surface area (Å²) in [5.74, 6) is 0.477. The molecule has 2 N–H and O–H groups in total. The number of nitrogens with one attached hydrogen (secondary N) is 1. The van der Waals surface area contributed by atoms with Crippen LogP contribution in [0, 0.1) is 5.92 Å². The van der Waals surface area contributed by atoms with Crippen molar-refractivity contribution >= 4 is 17.2 Å². The summed E-state index contributed by atoms with van der Waals surface area (Å²) < 4.78 is 0. The minimum atomic E-state index is -0.630. The second kappa shape index (κ2) is 6.45. The van der Waals surface area contributed by atoms with Crippen LogP contribution in [0.3, 0.4) is 0 Å². The highest BCUT2D eigenvalue weighted by atomic mass is 32.1. The largest absolute Gasteiger partial charge is 0.390 e. The lowest BCUT2D eigenvalue weighted by atomic mass is 9.86. The number of H-pyrrole nitrogens is 1. The molecular formula is C17H23N3O2S. The van der Waals surface area contributed by atoms with Crippen LogP contribution in [0.25, 0.3) is 10.6 Å². The van der Waals surface area contributed by atoms with Gasteiger partial charge in [0.1, 0.15) is 0 Å². The second-order valence-corrected chi connectivity index (χ2v) is 7.84. The predicted molar refractivity (Wildman–Crippen MR) is 91.4 cm³/mol. The molecule has 0 saturated carbocycles. The van der Waals surface area contributed by atoms with Crippen molar-refractivity contribution in [3.8, 4) is 10.6 Å². The Hall–Kier alpha value is -1.66. The monoisotopic (exact) mass is 333 g/mol. The maximum absolute atomic E-state index is 12.6. The molecule has 1 saturated heterocycles. The van der Waals surface area contributed by atoms with E-state index >= 15 is 0 Å². The van der Waals surface area contributed by atoms with Gasteiger partial charge in [0.25, 0.3) is 5.91 Å². The first-order chi connectivity index (χ1) is 10.9. The van der Waals surface area contributed by atoms with Crippen LogP contribution in [-0.4, -0.2) is 44.8 Å². The van der Waals surface area contributed by atoms with Gasteiger partial charge in [-0.1, -0.05) is 6.07 Å². The maximum atomic E-state index is 12.6. The molecule has 3 heterocycles. The quantitative estimate of drug-likeness (QED) is 0.903. The maximum Gasteiger partial charge on any atom is 0.274 e. The van der Waals surface area contributed by atoms with Gasteiger partial charge in [0.05, 0.1) is 16.2 Å². The number of aromatic amines is 1. The Kier molecular flexibility index (Phi) is 4.55. The third-order valence-electron chi connectivity index (χ3n) is 4.27. The Bertz CT molecular complexity index is 650. The molecule has 23 heavy (non-hydrogen) atoms. The van der Waals surface area contributed by atoms with E-state index in [0.717, 1.165) is 42.9 Å². The van der Waals surface area contributed by atoms with Gasteiger partial charge in [-0.25, -0.2) is 0 Å². The number of aliphatic hydroxyl groups is 1. The fourth-order valence-electron chi connectivity index (χ4n) is 3.20. The second-order valence-electron chi connectivity index (χ2n) is 6.90. The third kappa shape index (κ3) is 4.00. The first-order valence-corrected chi connectivity index (χ1v) is 8.91. The van der Waals surface area contributed by atoms with E-state index < -0.39 is 5.60 Å². The number of aromatic nitrogens is 2. The van der Waals surface area contributed by atoms with E-state index in [1.54, 1.807) is 11.3 Å². The molecule has 1 aliphatic rings. The molecular weight excluding hydrogens is 310 g/mol. The molecule has 0 aliphatic carbocycles. The van der Waals surface area contributed by atoms with Crippen LogP contribution in [0.4, 0.5) is 0 Å². The van der Waals surface area contributed by atoms with Crippen LogP contribution in [0.15, 0.2) is 23.6 Å². The summed E-state index contributed by atoms with van der Waals surface area (Å²) in [6.07, 6.45) is 2.68. The highest BCUT2D eigenvalue weighted by Crippen LogP contribution is 2.27. The Labute approximate surface area is 140 Å². The molecule has 2 aromatic rings. The van der Waals surface area contributed by atoms with Gasteiger partial charge < -0.3 is 10.0 Å². The molecule has 0 spiro atoms. The zero-order valence-electron chi connectivity index (χ0n) is 13.6. The molecule has 0 radical (unpaired) electrons. The summed E-state index contributed by atoms with van der Waals surface area (Å²) in [6.45, 7) is 5.17. The number of nitrogens with zero attached hydrogens (tertiary/aromatic N) is 2. The van der Waals surface area contributed by atoms with Crippen molar-refractivity contribution in [2.75, 3.05) is 13.1 Å². The predicted octanol–water partition coefficient (Wildman–Crippen LogP) is 3.15. The number of carbonyl (C=O) groups is 1. The van der Waals surface area contributed by atoms with Crippen LogP contribution in [-0.2, 0) is 0 Å². The Balaban J connectivity index is 1.60. The average Bonchev–Trinajstić information content (AvgIpc) is 3.17. The Morgan fingerprint density at radius 3 is 2.83 bits per heavy atom. The average molecular weight is 333 g/mol. The molecule has 0 aromatic carbocycles. The van der Waals surface area contributed by atoms with Gasteiger partial charge in [0.15, 0.2) is 5.69 Å². The first kappa shape index (κ1) is 16.2. The topological polar surface area (TPSA) is 69.2 Å². The summed E-state index contributed by atoms with van der Waals surface area (Å²) >= 11 is 1.62. The van der Waals surface area contributed by atoms with Crippen LogP contribution >= 0.6 is 11.3 Å². The number of thiophene rings is 1. The fraction of sp³-hybridized carbons (Fsp3) is 0.529. The van der Waals surface area contributed by atoms with E-state index in [2.05, 4.69) is 10.2 Å². The number of hydrogen-bond acceptors (Lipinski definition) is 4. The molecule has 2 aromatic heterocycles. The van der Waals surface area contributed by atoms with Gasteiger partial charge in [-0.05, 0) is 56.5 Å². The molecule has 0 unspecified atom stereocenters. The molecule has 0 atom stereocenters. The number of likely N-dealkylation sites (tertiary alicyclic amines) is 1. The smallest absolute Gasteiger partial charge is 0.274 e. The lowest BCUT2D eigenvalue weighted by molar-refractivity contribution is 0.0357. The number of carbonyl (C=O) groups excluding carboxylic acids is 1. The van der Waals surface area contributed by atoms with E-state index in [1.807, 2.05) is 42.3 Å². The van der Waals surface area contributed by atoms with E-state index in [-0.39, 0.29) is 5.91 Å². The van der Waals surface area contributed by atoms with Crippen LogP contribution in [0.1, 0.15) is 43.6 Å². The van der Waals surface area contributed by atoms with Crippen molar-refractivity contribution in [3.05, 3.63) is 29.3 Å². The van der Waals surface area contributed by atoms with Crippen molar-refractivity contribution in [1.29, 1.82) is 0 Å². The molecule has 1 aliphatic heterocycles. The number of rotatable bonds is 4. The van der Waals surface area contributed by atoms with Crippen molar-refractivity contribution < 1.29 is 9.90 Å². The highest BCUT2D eigenvalue weighted by molar-refractivity contribution is 7.13. The molecule has 3 rings (SSSR count). The standard InChI is InChI=1S/C17H23N3O2S/c1-17(2,22)11-12-5-7-20(8-6-12)16(21)14-10-13(18-19-14)15-4-3-9-23-15/h3-4,9-10,12,22H,5-8,11H2,1-2H3,(H,18,19). The summed E-state index contributed by atoms with van der Waals surface area (Å²) in [4.78, 5) is 15.5. The summed E-state index contributed by atoms with van der Waals surface area (Å²) in [5, 5.41) is 19.1. The molecule has 6 heteroatoms. The number of hydrogen-bond donors (Lipinski definition) is 2. The number of piperidine rings is 1. The van der Waals surface area contributed by atoms with Gasteiger partial charge in [-0.2, -0.15) is 5.10 Å². The van der Waals surface area contributed by atoms with E-state index in [1.165, 1.54) is 0 Å². The lowest BCUT2D eigenvalue weighted by Gasteiger charge is -2.34. The zero-order valence-corrected chi connectivity index (χ0v) is 14.4. The summed E-state index contributed by atoms with van der Waals surface area (Å²) in [7, 11) is 0. The van der Waals surface area contributed by atoms with Crippen molar-refractivity contribution in [2.24, 2.45) is 5.92 Å². The van der Waals surface area contributed by atoms with Gasteiger partial charge in [0.2, 0.25) is 0 Å². The van der Waals surface area contributed by atoms with E-state index in [4.69, 9.17) is 0 Å². The summed E-state index contributed by atoms with van der Waals surface area (Å²) in [5.41, 5.74) is 0.740. The van der Waals surface area contributed by atoms with Gasteiger partial charge in [0, 0.05) is 13.1 Å². The lowest BCUT2D eigenvalue weighted by Crippen LogP contribution is -2.40. The zero-order chi connectivity index (χ0) is 16.4. The Morgan fingerprint density at radius 2 is 2.22 bits per heavy atom. The minimum absolute atomic E-state index is 0.00855. The van der Waals surface area contributed by atoms with Crippen molar-refractivity contribution in [1.82, 2.24) is 15.1 Å². The minimum Gasteiger partial charge on any atom is -0.390 e. The van der Waals surface area contributed by atoms with Gasteiger partial charge >= 0.3 is 0 Å². The SMILES string of the molecule is CC(C)(O)CC1CCN(C(=O)c2cc(-c3cccs3)[nH]n2)CC1. The van der Waals surface area contributed by atoms with Gasteiger partial charge in [-0.15, -0.1) is 11.3 Å². The van der Waals surface area contributed by atoms with Crippen molar-refractivity contribution in [2.45, 2.75) is 38.7 Å². The summed E-state index contributed by atoms with van der Waals surface area (Å²) in [6, 6.07) is 5.82. The van der Waals surface area contributed by atoms with E-state index in [9.17, 15) is 9.90 Å². The number of amides is 1. The van der Waals surface area contributed by atoms with Crippen molar-refractivity contribution in [3.63, 3.8) is 0 Å². The normalized spacial score (nSPS) is 16.7. The molecule has 1 amide bonds. The third-order valence-corrected chi connectivity index (χ3v) is 5.18. The molecule has 5 nitrogen and oxygen atoms in total. The van der Waals surface area contributed by atoms with E-state index in [0.29, 0.717) is 11.6 Å².